The minimum absolute atomic E-state index is 0.0113. The van der Waals surface area contributed by atoms with Gasteiger partial charge in [0.2, 0.25) is 11.8 Å². The summed E-state index contributed by atoms with van der Waals surface area (Å²) >= 11 is 0. The number of rotatable bonds is 19. The SMILES string of the molecule is NCCCN(CCCCCNCCCNC(=O)CCc1ccc(O)c(O)c1)C(=O)CCC1=CC(O)=C(O)CC1. The van der Waals surface area contributed by atoms with Gasteiger partial charge in [0, 0.05) is 38.9 Å². The third-order valence-corrected chi connectivity index (χ3v) is 6.78. The maximum absolute atomic E-state index is 12.8. The Morgan fingerprint density at radius 1 is 0.846 bits per heavy atom. The molecule has 0 spiro atoms. The molecule has 0 saturated heterocycles. The molecule has 0 aromatic heterocycles. The summed E-state index contributed by atoms with van der Waals surface area (Å²) in [6.45, 7) is 4.19. The van der Waals surface area contributed by atoms with Gasteiger partial charge in [-0.2, -0.15) is 0 Å². The molecular formula is C29H46N4O6. The number of carbonyl (C=O) groups is 2. The Bertz CT molecular complexity index is 979. The van der Waals surface area contributed by atoms with Crippen molar-refractivity contribution in [1.82, 2.24) is 15.5 Å². The van der Waals surface area contributed by atoms with Crippen molar-refractivity contribution in [3.63, 3.8) is 0 Å². The van der Waals surface area contributed by atoms with E-state index in [-0.39, 0.29) is 34.8 Å². The Balaban J connectivity index is 1.51. The minimum atomic E-state index is -0.178. The number of carbonyl (C=O) groups excluding carboxylic acids is 2. The monoisotopic (exact) mass is 546 g/mol. The normalized spacial score (nSPS) is 13.3. The highest BCUT2D eigenvalue weighted by atomic mass is 16.3. The van der Waals surface area contributed by atoms with Crippen molar-refractivity contribution in [2.45, 2.75) is 70.6 Å². The molecule has 1 aliphatic carbocycles. The van der Waals surface area contributed by atoms with Crippen molar-refractivity contribution in [2.24, 2.45) is 5.73 Å². The van der Waals surface area contributed by atoms with E-state index in [1.165, 1.54) is 12.1 Å². The number of aromatic hydroxyl groups is 2. The fourth-order valence-corrected chi connectivity index (χ4v) is 4.39. The summed E-state index contributed by atoms with van der Waals surface area (Å²) in [5.74, 6) is -0.365. The quantitative estimate of drug-likeness (QED) is 0.102. The van der Waals surface area contributed by atoms with Crippen LogP contribution in [0.2, 0.25) is 0 Å². The van der Waals surface area contributed by atoms with Gasteiger partial charge in [-0.3, -0.25) is 9.59 Å². The first-order chi connectivity index (χ1) is 18.8. The van der Waals surface area contributed by atoms with E-state index >= 15 is 0 Å². The summed E-state index contributed by atoms with van der Waals surface area (Å²) in [4.78, 5) is 26.6. The number of nitrogens with two attached hydrogens (primary N) is 1. The maximum atomic E-state index is 12.8. The van der Waals surface area contributed by atoms with E-state index < -0.39 is 0 Å². The Labute approximate surface area is 231 Å². The number of aliphatic hydroxyl groups excluding tert-OH is 2. The smallest absolute Gasteiger partial charge is 0.222 e. The molecule has 2 rings (SSSR count). The van der Waals surface area contributed by atoms with Crippen LogP contribution >= 0.6 is 0 Å². The Kier molecular flexibility index (Phi) is 14.9. The second-order valence-corrected chi connectivity index (χ2v) is 9.99. The predicted molar refractivity (Wildman–Crippen MR) is 152 cm³/mol. The number of hydrogen-bond acceptors (Lipinski definition) is 8. The number of aliphatic hydroxyl groups is 2. The zero-order valence-electron chi connectivity index (χ0n) is 23.0. The van der Waals surface area contributed by atoms with Crippen LogP contribution in [-0.2, 0) is 16.0 Å². The first-order valence-corrected chi connectivity index (χ1v) is 14.1. The molecular weight excluding hydrogens is 500 g/mol. The second kappa shape index (κ2) is 18.1. The average Bonchev–Trinajstić information content (AvgIpc) is 2.92. The highest BCUT2D eigenvalue weighted by Gasteiger charge is 2.16. The highest BCUT2D eigenvalue weighted by Crippen LogP contribution is 2.25. The van der Waals surface area contributed by atoms with E-state index in [4.69, 9.17) is 5.73 Å². The number of nitrogens with one attached hydrogen (secondary N) is 2. The van der Waals surface area contributed by atoms with Gasteiger partial charge in [-0.1, -0.05) is 18.1 Å². The Morgan fingerprint density at radius 2 is 1.62 bits per heavy atom. The molecule has 10 nitrogen and oxygen atoms in total. The molecule has 0 bridgehead atoms. The van der Waals surface area contributed by atoms with Gasteiger partial charge in [-0.15, -0.1) is 0 Å². The predicted octanol–water partition coefficient (Wildman–Crippen LogP) is 3.30. The minimum Gasteiger partial charge on any atom is -0.508 e. The van der Waals surface area contributed by atoms with E-state index in [1.54, 1.807) is 12.1 Å². The lowest BCUT2D eigenvalue weighted by molar-refractivity contribution is -0.131. The average molecular weight is 547 g/mol. The van der Waals surface area contributed by atoms with Crippen molar-refractivity contribution in [3.8, 4) is 11.5 Å². The van der Waals surface area contributed by atoms with Gasteiger partial charge >= 0.3 is 0 Å². The topological polar surface area (TPSA) is 168 Å². The fourth-order valence-electron chi connectivity index (χ4n) is 4.39. The molecule has 0 heterocycles. The molecule has 0 unspecified atom stereocenters. The summed E-state index contributed by atoms with van der Waals surface area (Å²) in [5, 5.41) is 44.4. The van der Waals surface area contributed by atoms with E-state index in [2.05, 4.69) is 10.6 Å². The molecule has 39 heavy (non-hydrogen) atoms. The van der Waals surface area contributed by atoms with Crippen LogP contribution in [0.4, 0.5) is 0 Å². The first-order valence-electron chi connectivity index (χ1n) is 14.1. The molecule has 0 saturated carbocycles. The van der Waals surface area contributed by atoms with Crippen LogP contribution in [0.5, 0.6) is 11.5 Å². The van der Waals surface area contributed by atoms with Crippen LogP contribution in [0.1, 0.15) is 69.8 Å². The first kappa shape index (κ1) is 32.0. The van der Waals surface area contributed by atoms with Crippen LogP contribution in [0, 0.1) is 0 Å². The number of phenolic OH excluding ortho intramolecular Hbond substituents is 2. The number of unbranched alkanes of at least 4 members (excludes halogenated alkanes) is 2. The van der Waals surface area contributed by atoms with Crippen LogP contribution in [0.15, 0.2) is 41.4 Å². The number of aryl methyl sites for hydroxylation is 1. The van der Waals surface area contributed by atoms with Crippen molar-refractivity contribution in [3.05, 3.63) is 46.9 Å². The molecule has 2 amide bonds. The zero-order chi connectivity index (χ0) is 28.5. The molecule has 0 fully saturated rings. The zero-order valence-corrected chi connectivity index (χ0v) is 23.0. The van der Waals surface area contributed by atoms with Gasteiger partial charge < -0.3 is 41.7 Å². The van der Waals surface area contributed by atoms with Crippen molar-refractivity contribution < 1.29 is 30.0 Å². The van der Waals surface area contributed by atoms with Crippen molar-refractivity contribution in [2.75, 3.05) is 39.3 Å². The standard InChI is InChI=1S/C29H46N4O6/c30-14-4-19-33(29(39)13-9-23-7-11-25(35)27(37)21-23)18-3-1-2-15-31-16-5-17-32-28(38)12-8-22-6-10-24(34)26(36)20-22/h6,10,20-21,31,34-37H,1-5,7-9,11-19,30H2,(H,32,38). The summed E-state index contributed by atoms with van der Waals surface area (Å²) in [6.07, 6.45) is 8.99. The molecule has 1 aliphatic rings. The second-order valence-electron chi connectivity index (χ2n) is 9.99. The van der Waals surface area contributed by atoms with Crippen LogP contribution in [0.3, 0.4) is 0 Å². The number of benzene rings is 1. The molecule has 1 aromatic rings. The van der Waals surface area contributed by atoms with Crippen LogP contribution in [0.25, 0.3) is 0 Å². The lowest BCUT2D eigenvalue weighted by Crippen LogP contribution is -2.34. The van der Waals surface area contributed by atoms with Gasteiger partial charge in [0.1, 0.15) is 5.76 Å². The number of allylic oxidation sites excluding steroid dienone is 3. The largest absolute Gasteiger partial charge is 0.508 e. The molecule has 0 aliphatic heterocycles. The van der Waals surface area contributed by atoms with Crippen LogP contribution in [-0.4, -0.2) is 76.4 Å². The van der Waals surface area contributed by atoms with E-state index in [1.807, 2.05) is 4.90 Å². The molecule has 1 aromatic carbocycles. The number of hydrogen-bond donors (Lipinski definition) is 7. The van der Waals surface area contributed by atoms with Gasteiger partial charge in [0.25, 0.3) is 0 Å². The van der Waals surface area contributed by atoms with Gasteiger partial charge in [0.15, 0.2) is 17.3 Å². The Hall–Kier alpha value is -3.24. The number of nitrogens with zero attached hydrogens (tertiary/aromatic N) is 1. The van der Waals surface area contributed by atoms with E-state index in [9.17, 15) is 30.0 Å². The van der Waals surface area contributed by atoms with E-state index in [0.29, 0.717) is 64.7 Å². The third-order valence-electron chi connectivity index (χ3n) is 6.78. The summed E-state index contributed by atoms with van der Waals surface area (Å²) in [7, 11) is 0. The highest BCUT2D eigenvalue weighted by molar-refractivity contribution is 5.76. The lowest BCUT2D eigenvalue weighted by atomic mass is 9.98. The third kappa shape index (κ3) is 12.9. The molecule has 218 valence electrons. The number of phenols is 2. The lowest BCUT2D eigenvalue weighted by Gasteiger charge is -2.23. The fraction of sp³-hybridized carbons (Fsp3) is 0.586. The van der Waals surface area contributed by atoms with Crippen molar-refractivity contribution in [1.29, 1.82) is 0 Å². The number of amides is 2. The maximum Gasteiger partial charge on any atom is 0.222 e. The molecule has 8 N–H and O–H groups in total. The van der Waals surface area contributed by atoms with Gasteiger partial charge in [0.05, 0.1) is 0 Å². The molecule has 0 radical (unpaired) electrons. The molecule has 10 heteroatoms. The summed E-state index contributed by atoms with van der Waals surface area (Å²) in [6, 6.07) is 4.58. The van der Waals surface area contributed by atoms with E-state index in [0.717, 1.165) is 56.3 Å². The summed E-state index contributed by atoms with van der Waals surface area (Å²) in [5.41, 5.74) is 7.44. The Morgan fingerprint density at radius 3 is 2.36 bits per heavy atom. The van der Waals surface area contributed by atoms with Gasteiger partial charge in [-0.05, 0) is 88.4 Å². The molecule has 0 atom stereocenters. The van der Waals surface area contributed by atoms with Crippen LogP contribution < -0.4 is 16.4 Å². The summed E-state index contributed by atoms with van der Waals surface area (Å²) < 4.78 is 0. The van der Waals surface area contributed by atoms with Gasteiger partial charge in [-0.25, -0.2) is 0 Å². The van der Waals surface area contributed by atoms with Crippen molar-refractivity contribution >= 4 is 11.8 Å².